The Morgan fingerprint density at radius 3 is 2.59 bits per heavy atom. The highest BCUT2D eigenvalue weighted by Crippen LogP contribution is 2.16. The number of carbonyl (C=O) groups is 1. The third-order valence-corrected chi connectivity index (χ3v) is 3.90. The quantitative estimate of drug-likeness (QED) is 0.843. The Bertz CT molecular complexity index is 644. The predicted molar refractivity (Wildman–Crippen MR) is 83.0 cm³/mol. The van der Waals surface area contributed by atoms with E-state index in [2.05, 4.69) is 15.5 Å². The molecule has 0 radical (unpaired) electrons. The standard InChI is InChI=1S/C15H20N6O/c1-12-5-7-13(8-6-12)21-15(16-17-18-21)19(2)11-14(22)20-9-3-4-10-20/h5-8H,3-4,9-11H2,1-2H3. The van der Waals surface area contributed by atoms with E-state index in [0.29, 0.717) is 5.95 Å². The number of aryl methyl sites for hydroxylation is 1. The molecule has 1 aromatic heterocycles. The molecule has 1 aromatic carbocycles. The molecule has 116 valence electrons. The summed E-state index contributed by atoms with van der Waals surface area (Å²) < 4.78 is 1.65. The van der Waals surface area contributed by atoms with Crippen molar-refractivity contribution in [2.24, 2.45) is 0 Å². The second kappa shape index (κ2) is 6.13. The van der Waals surface area contributed by atoms with Crippen LogP contribution >= 0.6 is 0 Å². The van der Waals surface area contributed by atoms with Gasteiger partial charge in [-0.2, -0.15) is 4.68 Å². The SMILES string of the molecule is Cc1ccc(-n2nnnc2N(C)CC(=O)N2CCCC2)cc1. The molecule has 0 bridgehead atoms. The Kier molecular flexibility index (Phi) is 4.04. The van der Waals surface area contributed by atoms with E-state index in [9.17, 15) is 4.79 Å². The molecule has 0 atom stereocenters. The van der Waals surface area contributed by atoms with Crippen LogP contribution in [0.1, 0.15) is 18.4 Å². The van der Waals surface area contributed by atoms with Crippen molar-refractivity contribution >= 4 is 11.9 Å². The van der Waals surface area contributed by atoms with Crippen LogP contribution in [0, 0.1) is 6.92 Å². The normalized spacial score (nSPS) is 14.4. The number of tetrazole rings is 1. The van der Waals surface area contributed by atoms with Crippen molar-refractivity contribution in [3.63, 3.8) is 0 Å². The highest BCUT2D eigenvalue weighted by Gasteiger charge is 2.21. The second-order valence-electron chi connectivity index (χ2n) is 5.67. The predicted octanol–water partition coefficient (Wildman–Crippen LogP) is 1.03. The number of hydrogen-bond acceptors (Lipinski definition) is 5. The lowest BCUT2D eigenvalue weighted by atomic mass is 10.2. The van der Waals surface area contributed by atoms with Crippen LogP contribution in [0.5, 0.6) is 0 Å². The first-order valence-corrected chi connectivity index (χ1v) is 7.49. The monoisotopic (exact) mass is 300 g/mol. The first kappa shape index (κ1) is 14.5. The van der Waals surface area contributed by atoms with Crippen LogP contribution in [0.25, 0.3) is 5.69 Å². The highest BCUT2D eigenvalue weighted by atomic mass is 16.2. The zero-order valence-electron chi connectivity index (χ0n) is 12.9. The lowest BCUT2D eigenvalue weighted by molar-refractivity contribution is -0.128. The van der Waals surface area contributed by atoms with Gasteiger partial charge in [-0.25, -0.2) is 0 Å². The molecule has 0 aliphatic carbocycles. The van der Waals surface area contributed by atoms with Crippen molar-refractivity contribution in [2.45, 2.75) is 19.8 Å². The molecule has 1 saturated heterocycles. The summed E-state index contributed by atoms with van der Waals surface area (Å²) in [5, 5.41) is 11.8. The first-order valence-electron chi connectivity index (χ1n) is 7.49. The van der Waals surface area contributed by atoms with Crippen molar-refractivity contribution in [3.05, 3.63) is 29.8 Å². The van der Waals surface area contributed by atoms with Gasteiger partial charge in [-0.05, 0) is 42.3 Å². The Morgan fingerprint density at radius 1 is 1.23 bits per heavy atom. The van der Waals surface area contributed by atoms with Gasteiger partial charge in [0.05, 0.1) is 12.2 Å². The van der Waals surface area contributed by atoms with Crippen LogP contribution in [0.15, 0.2) is 24.3 Å². The maximum Gasteiger partial charge on any atom is 0.250 e. The molecular formula is C15H20N6O. The minimum atomic E-state index is 0.124. The molecule has 0 N–H and O–H groups in total. The number of carbonyl (C=O) groups excluding carboxylic acids is 1. The molecule has 7 nitrogen and oxygen atoms in total. The van der Waals surface area contributed by atoms with E-state index in [0.717, 1.165) is 31.6 Å². The topological polar surface area (TPSA) is 67.2 Å². The summed E-state index contributed by atoms with van der Waals surface area (Å²) in [7, 11) is 1.84. The fourth-order valence-electron chi connectivity index (χ4n) is 2.61. The summed E-state index contributed by atoms with van der Waals surface area (Å²) in [4.78, 5) is 15.9. The molecular weight excluding hydrogens is 280 g/mol. The maximum atomic E-state index is 12.2. The van der Waals surface area contributed by atoms with Gasteiger partial charge in [-0.3, -0.25) is 4.79 Å². The molecule has 1 amide bonds. The van der Waals surface area contributed by atoms with E-state index >= 15 is 0 Å². The second-order valence-corrected chi connectivity index (χ2v) is 5.67. The summed E-state index contributed by atoms with van der Waals surface area (Å²) in [6, 6.07) is 7.95. The first-order chi connectivity index (χ1) is 10.6. The third kappa shape index (κ3) is 2.93. The van der Waals surface area contributed by atoms with E-state index in [4.69, 9.17) is 0 Å². The molecule has 3 rings (SSSR count). The lowest BCUT2D eigenvalue weighted by Crippen LogP contribution is -2.38. The van der Waals surface area contributed by atoms with Gasteiger partial charge in [0.15, 0.2) is 0 Å². The van der Waals surface area contributed by atoms with E-state index in [1.165, 1.54) is 5.56 Å². The average Bonchev–Trinajstić information content (AvgIpc) is 3.19. The number of aromatic nitrogens is 4. The van der Waals surface area contributed by atoms with E-state index in [1.54, 1.807) is 9.58 Å². The number of nitrogens with zero attached hydrogens (tertiary/aromatic N) is 6. The van der Waals surface area contributed by atoms with Crippen molar-refractivity contribution in [1.82, 2.24) is 25.1 Å². The van der Waals surface area contributed by atoms with Crippen LogP contribution in [0.2, 0.25) is 0 Å². The number of hydrogen-bond donors (Lipinski definition) is 0. The van der Waals surface area contributed by atoms with Gasteiger partial charge in [0.2, 0.25) is 5.91 Å². The van der Waals surface area contributed by atoms with Crippen LogP contribution < -0.4 is 4.90 Å². The summed E-state index contributed by atoms with van der Waals surface area (Å²) in [5.41, 5.74) is 2.06. The third-order valence-electron chi connectivity index (χ3n) is 3.90. The number of amides is 1. The number of rotatable bonds is 4. The molecule has 0 unspecified atom stereocenters. The van der Waals surface area contributed by atoms with Crippen molar-refractivity contribution in [1.29, 1.82) is 0 Å². The average molecular weight is 300 g/mol. The summed E-state index contributed by atoms with van der Waals surface area (Å²) in [6.45, 7) is 4.03. The minimum absolute atomic E-state index is 0.124. The molecule has 1 aliphatic heterocycles. The van der Waals surface area contributed by atoms with E-state index in [-0.39, 0.29) is 12.5 Å². The molecule has 0 saturated carbocycles. The number of benzene rings is 1. The van der Waals surface area contributed by atoms with Gasteiger partial charge >= 0.3 is 0 Å². The fourth-order valence-corrected chi connectivity index (χ4v) is 2.61. The Labute approximate surface area is 129 Å². The van der Waals surface area contributed by atoms with Gasteiger partial charge < -0.3 is 9.80 Å². The Morgan fingerprint density at radius 2 is 1.91 bits per heavy atom. The van der Waals surface area contributed by atoms with Crippen LogP contribution in [-0.4, -0.2) is 57.7 Å². The van der Waals surface area contributed by atoms with Crippen molar-refractivity contribution in [3.8, 4) is 5.69 Å². The summed E-state index contributed by atoms with van der Waals surface area (Å²) in [5.74, 6) is 0.690. The lowest BCUT2D eigenvalue weighted by Gasteiger charge is -2.21. The largest absolute Gasteiger partial charge is 0.341 e. The fraction of sp³-hybridized carbons (Fsp3) is 0.467. The molecule has 1 aliphatic rings. The molecule has 7 heteroatoms. The Balaban J connectivity index is 1.76. The summed E-state index contributed by atoms with van der Waals surface area (Å²) in [6.07, 6.45) is 2.19. The number of likely N-dealkylation sites (tertiary alicyclic amines) is 1. The van der Waals surface area contributed by atoms with E-state index < -0.39 is 0 Å². The molecule has 0 spiro atoms. The zero-order valence-corrected chi connectivity index (χ0v) is 12.9. The van der Waals surface area contributed by atoms with Crippen molar-refractivity contribution < 1.29 is 4.79 Å². The van der Waals surface area contributed by atoms with E-state index in [1.807, 2.05) is 43.1 Å². The van der Waals surface area contributed by atoms with Gasteiger partial charge in [0.1, 0.15) is 0 Å². The van der Waals surface area contributed by atoms with Crippen LogP contribution in [-0.2, 0) is 4.79 Å². The zero-order chi connectivity index (χ0) is 15.5. The highest BCUT2D eigenvalue weighted by molar-refractivity contribution is 5.81. The van der Waals surface area contributed by atoms with Crippen LogP contribution in [0.3, 0.4) is 0 Å². The van der Waals surface area contributed by atoms with Gasteiger partial charge in [-0.15, -0.1) is 0 Å². The van der Waals surface area contributed by atoms with Gasteiger partial charge in [-0.1, -0.05) is 22.8 Å². The van der Waals surface area contributed by atoms with Crippen LogP contribution in [0.4, 0.5) is 5.95 Å². The van der Waals surface area contributed by atoms with Gasteiger partial charge in [0, 0.05) is 20.1 Å². The number of anilines is 1. The molecule has 22 heavy (non-hydrogen) atoms. The Hall–Kier alpha value is -2.44. The minimum Gasteiger partial charge on any atom is -0.341 e. The molecule has 1 fully saturated rings. The van der Waals surface area contributed by atoms with Crippen molar-refractivity contribution in [2.75, 3.05) is 31.6 Å². The smallest absolute Gasteiger partial charge is 0.250 e. The molecule has 2 aromatic rings. The maximum absolute atomic E-state index is 12.2. The number of likely N-dealkylation sites (N-methyl/N-ethyl adjacent to an activating group) is 1. The van der Waals surface area contributed by atoms with Gasteiger partial charge in [0.25, 0.3) is 5.95 Å². The molecule has 2 heterocycles. The summed E-state index contributed by atoms with van der Waals surface area (Å²) >= 11 is 0.